The molecule has 3 rings (SSSR count). The zero-order valence-electron chi connectivity index (χ0n) is 13.3. The summed E-state index contributed by atoms with van der Waals surface area (Å²) >= 11 is 3.39. The zero-order chi connectivity index (χ0) is 18.7. The minimum absolute atomic E-state index is 0.294. The molecule has 0 aliphatic rings. The summed E-state index contributed by atoms with van der Waals surface area (Å²) in [5.74, 6) is -0.211. The smallest absolute Gasteiger partial charge is 0.418 e. The fraction of sp³-hybridized carbons (Fsp3) is 0.105. The van der Waals surface area contributed by atoms with Crippen molar-refractivity contribution >= 4 is 38.3 Å². The van der Waals surface area contributed by atoms with Gasteiger partial charge in [0.25, 0.3) is 5.91 Å². The van der Waals surface area contributed by atoms with Gasteiger partial charge in [0.05, 0.1) is 11.3 Å². The van der Waals surface area contributed by atoms with Crippen molar-refractivity contribution in [1.82, 2.24) is 0 Å². The molecule has 0 atom stereocenters. The fourth-order valence-corrected chi connectivity index (χ4v) is 2.84. The van der Waals surface area contributed by atoms with E-state index in [1.54, 1.807) is 12.1 Å². The van der Waals surface area contributed by atoms with E-state index in [1.165, 1.54) is 18.2 Å². The topological polar surface area (TPSA) is 38.3 Å². The molecule has 0 saturated carbocycles. The van der Waals surface area contributed by atoms with Crippen molar-refractivity contribution < 1.29 is 22.7 Å². The quantitative estimate of drug-likeness (QED) is 0.589. The van der Waals surface area contributed by atoms with E-state index in [0.29, 0.717) is 5.75 Å². The van der Waals surface area contributed by atoms with Crippen molar-refractivity contribution in [3.05, 3.63) is 70.7 Å². The van der Waals surface area contributed by atoms with E-state index in [1.807, 2.05) is 24.3 Å². The van der Waals surface area contributed by atoms with Crippen molar-refractivity contribution in [3.63, 3.8) is 0 Å². The van der Waals surface area contributed by atoms with Crippen LogP contribution in [0.25, 0.3) is 10.8 Å². The Balaban J connectivity index is 1.67. The van der Waals surface area contributed by atoms with Gasteiger partial charge >= 0.3 is 6.18 Å². The van der Waals surface area contributed by atoms with Crippen LogP contribution in [0.3, 0.4) is 0 Å². The molecule has 0 aliphatic heterocycles. The molecule has 3 aromatic carbocycles. The maximum absolute atomic E-state index is 12.9. The summed E-state index contributed by atoms with van der Waals surface area (Å²) in [5.41, 5.74) is -1.19. The lowest BCUT2D eigenvalue weighted by Gasteiger charge is -2.14. The molecular formula is C19H13BrF3NO2. The van der Waals surface area contributed by atoms with Crippen molar-refractivity contribution in [1.29, 1.82) is 0 Å². The molecule has 0 heterocycles. The Bertz CT molecular complexity index is 957. The number of hydrogen-bond acceptors (Lipinski definition) is 2. The summed E-state index contributed by atoms with van der Waals surface area (Å²) in [6, 6.07) is 15.8. The van der Waals surface area contributed by atoms with Gasteiger partial charge in [0.1, 0.15) is 5.75 Å². The van der Waals surface area contributed by atoms with E-state index in [-0.39, 0.29) is 5.69 Å². The summed E-state index contributed by atoms with van der Waals surface area (Å²) < 4.78 is 45.2. The molecule has 7 heteroatoms. The number of carbonyl (C=O) groups excluding carboxylic acids is 1. The lowest BCUT2D eigenvalue weighted by molar-refractivity contribution is -0.137. The molecule has 3 nitrogen and oxygen atoms in total. The van der Waals surface area contributed by atoms with Crippen molar-refractivity contribution in [2.75, 3.05) is 11.9 Å². The molecular weight excluding hydrogens is 411 g/mol. The number of para-hydroxylation sites is 1. The van der Waals surface area contributed by atoms with E-state index in [9.17, 15) is 18.0 Å². The fourth-order valence-electron chi connectivity index (χ4n) is 2.46. The minimum Gasteiger partial charge on any atom is -0.484 e. The van der Waals surface area contributed by atoms with E-state index < -0.39 is 24.3 Å². The first-order valence-corrected chi connectivity index (χ1v) is 8.40. The number of nitrogens with one attached hydrogen (secondary N) is 1. The molecule has 0 spiro atoms. The molecule has 26 heavy (non-hydrogen) atoms. The number of alkyl halides is 3. The summed E-state index contributed by atoms with van der Waals surface area (Å²) in [6.07, 6.45) is -4.54. The largest absolute Gasteiger partial charge is 0.484 e. The number of fused-ring (bicyclic) bond motifs is 1. The number of rotatable bonds is 4. The number of hydrogen-bond donors (Lipinski definition) is 1. The summed E-state index contributed by atoms with van der Waals surface area (Å²) in [6.45, 7) is -0.395. The van der Waals surface area contributed by atoms with Gasteiger partial charge < -0.3 is 10.1 Å². The zero-order valence-corrected chi connectivity index (χ0v) is 14.9. The molecule has 1 amide bonds. The van der Waals surface area contributed by atoms with Crippen LogP contribution in [0, 0.1) is 0 Å². The summed E-state index contributed by atoms with van der Waals surface area (Å²) in [4.78, 5) is 12.0. The monoisotopic (exact) mass is 423 g/mol. The first-order chi connectivity index (χ1) is 12.3. The van der Waals surface area contributed by atoms with Crippen LogP contribution >= 0.6 is 15.9 Å². The SMILES string of the molecule is O=C(COc1ccc2cc(Br)ccc2c1)Nc1ccccc1C(F)(F)F. The normalized spacial score (nSPS) is 11.4. The first kappa shape index (κ1) is 18.3. The minimum atomic E-state index is -4.54. The highest BCUT2D eigenvalue weighted by Gasteiger charge is 2.33. The van der Waals surface area contributed by atoms with Crippen molar-refractivity contribution in [3.8, 4) is 5.75 Å². The van der Waals surface area contributed by atoms with Gasteiger partial charge in [-0.15, -0.1) is 0 Å². The average molecular weight is 424 g/mol. The third-order valence-corrected chi connectivity index (χ3v) is 4.14. The second-order valence-corrected chi connectivity index (χ2v) is 6.45. The Hall–Kier alpha value is -2.54. The molecule has 0 unspecified atom stereocenters. The van der Waals surface area contributed by atoms with Crippen LogP contribution in [-0.4, -0.2) is 12.5 Å². The Kier molecular flexibility index (Phi) is 5.18. The van der Waals surface area contributed by atoms with Gasteiger partial charge in [-0.1, -0.05) is 40.2 Å². The second kappa shape index (κ2) is 7.37. The molecule has 134 valence electrons. The first-order valence-electron chi connectivity index (χ1n) is 7.61. The molecule has 1 N–H and O–H groups in total. The molecule has 0 aromatic heterocycles. The van der Waals surface area contributed by atoms with Crippen molar-refractivity contribution in [2.45, 2.75) is 6.18 Å². The highest BCUT2D eigenvalue weighted by atomic mass is 79.9. The van der Waals surface area contributed by atoms with Crippen LogP contribution in [0.2, 0.25) is 0 Å². The van der Waals surface area contributed by atoms with Crippen LogP contribution in [0.15, 0.2) is 65.1 Å². The second-order valence-electron chi connectivity index (χ2n) is 5.53. The molecule has 0 radical (unpaired) electrons. The maximum atomic E-state index is 12.9. The molecule has 0 aliphatic carbocycles. The molecule has 3 aromatic rings. The van der Waals surface area contributed by atoms with Gasteiger partial charge in [-0.2, -0.15) is 13.2 Å². The number of anilines is 1. The van der Waals surface area contributed by atoms with Crippen molar-refractivity contribution in [2.24, 2.45) is 0 Å². The van der Waals surface area contributed by atoms with E-state index in [4.69, 9.17) is 4.74 Å². The lowest BCUT2D eigenvalue weighted by atomic mass is 10.1. The van der Waals surface area contributed by atoms with E-state index >= 15 is 0 Å². The molecule has 0 saturated heterocycles. The Labute approximate surface area is 155 Å². The Morgan fingerprint density at radius 1 is 1.00 bits per heavy atom. The number of ether oxygens (including phenoxy) is 1. The number of halogens is 4. The van der Waals surface area contributed by atoms with Gasteiger partial charge in [0.2, 0.25) is 0 Å². The van der Waals surface area contributed by atoms with Gasteiger partial charge in [0, 0.05) is 4.47 Å². The molecule has 0 bridgehead atoms. The van der Waals surface area contributed by atoms with E-state index in [0.717, 1.165) is 21.3 Å². The van der Waals surface area contributed by atoms with Gasteiger partial charge in [0.15, 0.2) is 6.61 Å². The van der Waals surface area contributed by atoms with Crippen LogP contribution in [0.1, 0.15) is 5.56 Å². The van der Waals surface area contributed by atoms with Gasteiger partial charge in [-0.05, 0) is 47.2 Å². The third-order valence-electron chi connectivity index (χ3n) is 3.65. The number of benzene rings is 3. The Morgan fingerprint density at radius 2 is 1.69 bits per heavy atom. The van der Waals surface area contributed by atoms with Gasteiger partial charge in [-0.25, -0.2) is 0 Å². The standard InChI is InChI=1S/C19H13BrF3NO2/c20-14-7-5-13-10-15(8-6-12(13)9-14)26-11-18(25)24-17-4-2-1-3-16(17)19(21,22)23/h1-10H,11H2,(H,24,25). The molecule has 0 fully saturated rings. The summed E-state index contributed by atoms with van der Waals surface area (Å²) in [5, 5.41) is 4.16. The van der Waals surface area contributed by atoms with Crippen LogP contribution in [-0.2, 0) is 11.0 Å². The highest BCUT2D eigenvalue weighted by molar-refractivity contribution is 9.10. The number of carbonyl (C=O) groups is 1. The van der Waals surface area contributed by atoms with Crippen LogP contribution in [0.5, 0.6) is 5.75 Å². The predicted octanol–water partition coefficient (Wildman–Crippen LogP) is 5.64. The van der Waals surface area contributed by atoms with Gasteiger partial charge in [-0.3, -0.25) is 4.79 Å². The average Bonchev–Trinajstić information content (AvgIpc) is 2.59. The maximum Gasteiger partial charge on any atom is 0.418 e. The summed E-state index contributed by atoms with van der Waals surface area (Å²) in [7, 11) is 0. The number of amides is 1. The Morgan fingerprint density at radius 3 is 2.46 bits per heavy atom. The lowest BCUT2D eigenvalue weighted by Crippen LogP contribution is -2.22. The highest BCUT2D eigenvalue weighted by Crippen LogP contribution is 2.34. The van der Waals surface area contributed by atoms with Crippen LogP contribution in [0.4, 0.5) is 18.9 Å². The predicted molar refractivity (Wildman–Crippen MR) is 97.2 cm³/mol. The van der Waals surface area contributed by atoms with E-state index in [2.05, 4.69) is 21.2 Å². The van der Waals surface area contributed by atoms with Crippen LogP contribution < -0.4 is 10.1 Å². The third kappa shape index (κ3) is 4.35.